The Hall–Kier alpha value is -1.10. The molecule has 0 fully saturated rings. The first kappa shape index (κ1) is 9.90. The highest BCUT2D eigenvalue weighted by atomic mass is 16.5. The molecule has 0 rings (SSSR count). The van der Waals surface area contributed by atoms with E-state index < -0.39 is 0 Å². The first-order chi connectivity index (χ1) is 5.31. The molecular formula is C6H12N2O3. The Morgan fingerprint density at radius 3 is 2.91 bits per heavy atom. The lowest BCUT2D eigenvalue weighted by atomic mass is 10.5. The molecule has 0 atom stereocenters. The Kier molecular flexibility index (Phi) is 6.31. The maximum atomic E-state index is 10.7. The first-order valence-electron chi connectivity index (χ1n) is 3.24. The summed E-state index contributed by atoms with van der Waals surface area (Å²) in [5.74, 6) is -0.214. The van der Waals surface area contributed by atoms with Crippen LogP contribution in [0.2, 0.25) is 0 Å². The number of ether oxygens (including phenoxy) is 1. The lowest BCUT2D eigenvalue weighted by Gasteiger charge is -2.02. The largest absolute Gasteiger partial charge is 0.383 e. The Balaban J connectivity index is 3.15. The highest BCUT2D eigenvalue weighted by Gasteiger charge is 1.96. The van der Waals surface area contributed by atoms with Crippen molar-refractivity contribution in [2.75, 3.05) is 26.8 Å². The quantitative estimate of drug-likeness (QED) is 0.367. The molecule has 0 unspecified atom stereocenters. The molecule has 0 heterocycles. The SMILES string of the molecule is COCCNC(=O)CNC=O. The lowest BCUT2D eigenvalue weighted by Crippen LogP contribution is -2.34. The lowest BCUT2D eigenvalue weighted by molar-refractivity contribution is -0.122. The number of carbonyl (C=O) groups excluding carboxylic acids is 2. The standard InChI is InChI=1S/C6H12N2O3/c1-11-3-2-8-6(10)4-7-5-9/h5H,2-4H2,1H3,(H,7,9)(H,8,10). The fraction of sp³-hybridized carbons (Fsp3) is 0.667. The molecular weight excluding hydrogens is 148 g/mol. The van der Waals surface area contributed by atoms with Crippen LogP contribution in [-0.4, -0.2) is 39.1 Å². The van der Waals surface area contributed by atoms with Crippen molar-refractivity contribution in [3.8, 4) is 0 Å². The molecule has 64 valence electrons. The fourth-order valence-corrected chi connectivity index (χ4v) is 0.489. The number of hydrogen-bond donors (Lipinski definition) is 2. The molecule has 0 aliphatic carbocycles. The van der Waals surface area contributed by atoms with Gasteiger partial charge in [0.2, 0.25) is 12.3 Å². The average Bonchev–Trinajstić information content (AvgIpc) is 2.01. The molecule has 0 saturated carbocycles. The topological polar surface area (TPSA) is 67.4 Å². The highest BCUT2D eigenvalue weighted by molar-refractivity contribution is 5.79. The Morgan fingerprint density at radius 1 is 1.64 bits per heavy atom. The number of amides is 2. The Labute approximate surface area is 65.1 Å². The van der Waals surface area contributed by atoms with Crippen LogP contribution in [0, 0.1) is 0 Å². The van der Waals surface area contributed by atoms with E-state index in [4.69, 9.17) is 4.74 Å². The number of hydrogen-bond acceptors (Lipinski definition) is 3. The summed E-state index contributed by atoms with van der Waals surface area (Å²) in [6.45, 7) is 0.968. The Bertz CT molecular complexity index is 127. The molecule has 0 radical (unpaired) electrons. The van der Waals surface area contributed by atoms with Gasteiger partial charge in [0.25, 0.3) is 0 Å². The number of carbonyl (C=O) groups is 2. The molecule has 0 aromatic carbocycles. The van der Waals surface area contributed by atoms with Gasteiger partial charge in [-0.2, -0.15) is 0 Å². The van der Waals surface area contributed by atoms with E-state index >= 15 is 0 Å². The molecule has 0 aromatic heterocycles. The van der Waals surface area contributed by atoms with E-state index in [1.807, 2.05) is 0 Å². The molecule has 0 bridgehead atoms. The second kappa shape index (κ2) is 7.01. The van der Waals surface area contributed by atoms with Crippen molar-refractivity contribution in [1.82, 2.24) is 10.6 Å². The molecule has 5 nitrogen and oxygen atoms in total. The van der Waals surface area contributed by atoms with E-state index in [1.54, 1.807) is 7.11 Å². The van der Waals surface area contributed by atoms with Gasteiger partial charge < -0.3 is 15.4 Å². The molecule has 0 spiro atoms. The fourth-order valence-electron chi connectivity index (χ4n) is 0.489. The highest BCUT2D eigenvalue weighted by Crippen LogP contribution is 1.65. The normalized spacial score (nSPS) is 8.82. The van der Waals surface area contributed by atoms with Crippen LogP contribution in [0.15, 0.2) is 0 Å². The summed E-state index contributed by atoms with van der Waals surface area (Å²) in [6, 6.07) is 0. The minimum atomic E-state index is -0.214. The van der Waals surface area contributed by atoms with Crippen molar-refractivity contribution < 1.29 is 14.3 Å². The summed E-state index contributed by atoms with van der Waals surface area (Å²) in [6.07, 6.45) is 0.482. The second-order valence-electron chi connectivity index (χ2n) is 1.84. The van der Waals surface area contributed by atoms with Gasteiger partial charge in [0.05, 0.1) is 13.2 Å². The minimum absolute atomic E-state index is 0.0210. The molecule has 0 aromatic rings. The zero-order valence-corrected chi connectivity index (χ0v) is 6.42. The summed E-state index contributed by atoms with van der Waals surface area (Å²) >= 11 is 0. The van der Waals surface area contributed by atoms with Crippen LogP contribution in [0.5, 0.6) is 0 Å². The summed E-state index contributed by atoms with van der Waals surface area (Å²) in [4.78, 5) is 20.4. The molecule has 11 heavy (non-hydrogen) atoms. The second-order valence-corrected chi connectivity index (χ2v) is 1.84. The maximum absolute atomic E-state index is 10.7. The maximum Gasteiger partial charge on any atom is 0.239 e. The number of nitrogens with one attached hydrogen (secondary N) is 2. The van der Waals surface area contributed by atoms with Gasteiger partial charge in [-0.25, -0.2) is 0 Å². The summed E-state index contributed by atoms with van der Waals surface area (Å²) in [7, 11) is 1.55. The van der Waals surface area contributed by atoms with Gasteiger partial charge >= 0.3 is 0 Å². The predicted molar refractivity (Wildman–Crippen MR) is 39.0 cm³/mol. The van der Waals surface area contributed by atoms with E-state index in [0.29, 0.717) is 19.6 Å². The summed E-state index contributed by atoms with van der Waals surface area (Å²) in [5, 5.41) is 4.77. The number of methoxy groups -OCH3 is 1. The van der Waals surface area contributed by atoms with E-state index in [-0.39, 0.29) is 12.5 Å². The van der Waals surface area contributed by atoms with Crippen molar-refractivity contribution >= 4 is 12.3 Å². The molecule has 0 saturated heterocycles. The predicted octanol–water partition coefficient (Wildman–Crippen LogP) is -1.50. The van der Waals surface area contributed by atoms with E-state index in [2.05, 4.69) is 10.6 Å². The van der Waals surface area contributed by atoms with Crippen LogP contribution in [-0.2, 0) is 14.3 Å². The van der Waals surface area contributed by atoms with Crippen molar-refractivity contribution in [1.29, 1.82) is 0 Å². The average molecular weight is 160 g/mol. The molecule has 0 aliphatic rings. The van der Waals surface area contributed by atoms with Crippen LogP contribution in [0.25, 0.3) is 0 Å². The van der Waals surface area contributed by atoms with Crippen LogP contribution >= 0.6 is 0 Å². The van der Waals surface area contributed by atoms with Gasteiger partial charge in [0.15, 0.2) is 0 Å². The van der Waals surface area contributed by atoms with Gasteiger partial charge in [-0.15, -0.1) is 0 Å². The third-order valence-electron chi connectivity index (χ3n) is 0.974. The monoisotopic (exact) mass is 160 g/mol. The van der Waals surface area contributed by atoms with Crippen molar-refractivity contribution in [3.63, 3.8) is 0 Å². The van der Waals surface area contributed by atoms with Crippen molar-refractivity contribution in [2.24, 2.45) is 0 Å². The third-order valence-corrected chi connectivity index (χ3v) is 0.974. The van der Waals surface area contributed by atoms with E-state index in [9.17, 15) is 9.59 Å². The molecule has 2 amide bonds. The molecule has 5 heteroatoms. The van der Waals surface area contributed by atoms with Crippen molar-refractivity contribution in [2.45, 2.75) is 0 Å². The van der Waals surface area contributed by atoms with Gasteiger partial charge in [-0.1, -0.05) is 0 Å². The van der Waals surface area contributed by atoms with Gasteiger partial charge in [0, 0.05) is 13.7 Å². The zero-order chi connectivity index (χ0) is 8.53. The Morgan fingerprint density at radius 2 is 2.36 bits per heavy atom. The molecule has 0 aliphatic heterocycles. The van der Waals surface area contributed by atoms with Crippen LogP contribution in [0.1, 0.15) is 0 Å². The van der Waals surface area contributed by atoms with E-state index in [1.165, 1.54) is 0 Å². The van der Waals surface area contributed by atoms with Crippen LogP contribution in [0.4, 0.5) is 0 Å². The summed E-state index contributed by atoms with van der Waals surface area (Å²) in [5.41, 5.74) is 0. The first-order valence-corrected chi connectivity index (χ1v) is 3.24. The van der Waals surface area contributed by atoms with Crippen LogP contribution in [0.3, 0.4) is 0 Å². The minimum Gasteiger partial charge on any atom is -0.383 e. The van der Waals surface area contributed by atoms with Crippen molar-refractivity contribution in [3.05, 3.63) is 0 Å². The van der Waals surface area contributed by atoms with Crippen LogP contribution < -0.4 is 10.6 Å². The number of rotatable bonds is 6. The summed E-state index contributed by atoms with van der Waals surface area (Å²) < 4.78 is 4.69. The zero-order valence-electron chi connectivity index (χ0n) is 6.42. The van der Waals surface area contributed by atoms with Gasteiger partial charge in [0.1, 0.15) is 0 Å². The van der Waals surface area contributed by atoms with Gasteiger partial charge in [-0.05, 0) is 0 Å². The van der Waals surface area contributed by atoms with E-state index in [0.717, 1.165) is 0 Å². The van der Waals surface area contributed by atoms with Gasteiger partial charge in [-0.3, -0.25) is 9.59 Å². The molecule has 2 N–H and O–H groups in total. The third kappa shape index (κ3) is 6.79. The smallest absolute Gasteiger partial charge is 0.239 e.